The summed E-state index contributed by atoms with van der Waals surface area (Å²) in [5, 5.41) is 23.7. The fourth-order valence-electron chi connectivity index (χ4n) is 7.04. The topological polar surface area (TPSA) is 95.9 Å². The van der Waals surface area contributed by atoms with E-state index in [-0.39, 0.29) is 24.9 Å². The fourth-order valence-corrected chi connectivity index (χ4v) is 7.04. The molecule has 59 heavy (non-hydrogen) atoms. The van der Waals surface area contributed by atoms with Gasteiger partial charge in [0, 0.05) is 12.8 Å². The van der Waals surface area contributed by atoms with Gasteiger partial charge in [0.1, 0.15) is 6.10 Å². The van der Waals surface area contributed by atoms with Crippen molar-refractivity contribution in [1.82, 2.24) is 5.32 Å². The van der Waals surface area contributed by atoms with Gasteiger partial charge in [-0.15, -0.1) is 0 Å². The van der Waals surface area contributed by atoms with E-state index in [1.165, 1.54) is 89.9 Å². The Labute approximate surface area is 364 Å². The first kappa shape index (κ1) is 56.3. The highest BCUT2D eigenvalue weighted by Gasteiger charge is 2.23. The lowest BCUT2D eigenvalue weighted by atomic mass is 10.0. The van der Waals surface area contributed by atoms with Crippen LogP contribution in [0.4, 0.5) is 0 Å². The summed E-state index contributed by atoms with van der Waals surface area (Å²) in [4.78, 5) is 26.0. The van der Waals surface area contributed by atoms with Crippen LogP contribution in [-0.4, -0.2) is 46.9 Å². The van der Waals surface area contributed by atoms with Gasteiger partial charge >= 0.3 is 5.97 Å². The molecule has 340 valence electrons. The molecule has 0 rings (SSSR count). The number of carbonyl (C=O) groups excluding carboxylic acids is 2. The minimum atomic E-state index is -0.815. The maximum absolute atomic E-state index is 13.1. The summed E-state index contributed by atoms with van der Waals surface area (Å²) >= 11 is 0. The van der Waals surface area contributed by atoms with Crippen LogP contribution in [0.1, 0.15) is 226 Å². The van der Waals surface area contributed by atoms with E-state index in [9.17, 15) is 19.8 Å². The molecule has 0 aromatic heterocycles. The molecular weight excluding hydrogens is 731 g/mol. The normalized spacial score (nSPS) is 13.9. The van der Waals surface area contributed by atoms with Crippen molar-refractivity contribution >= 4 is 11.9 Å². The van der Waals surface area contributed by atoms with Crippen molar-refractivity contribution in [3.63, 3.8) is 0 Å². The average Bonchev–Trinajstić information content (AvgIpc) is 3.23. The second kappa shape index (κ2) is 46.4. The first-order chi connectivity index (χ1) is 29.0. The van der Waals surface area contributed by atoms with Crippen molar-refractivity contribution in [3.05, 3.63) is 72.9 Å². The molecule has 6 nitrogen and oxygen atoms in total. The molecule has 0 aliphatic carbocycles. The third-order valence-electron chi connectivity index (χ3n) is 10.8. The monoisotopic (exact) mass is 824 g/mol. The molecule has 1 amide bonds. The van der Waals surface area contributed by atoms with Gasteiger partial charge in [0.15, 0.2) is 0 Å². The standard InChI is InChI=1S/C53H93NO5/c1-4-7-10-13-16-19-22-24-26-28-30-32-35-38-41-44-49(59-53(58)46-43-40-37-34-21-18-15-12-9-6-3)47-52(57)54-50(48-55)51(56)45-42-39-36-33-31-29-27-25-23-20-17-14-11-8-5-2/h7,10,12,15-16,19,24,26,30,32,38,41,49-51,55-56H,4-6,8-9,11,13-14,17-18,20-23,25,27-29,31,33-37,39-40,42-48H2,1-3H3,(H,54,57)/b10-7-,15-12-,19-16-,26-24-,32-30-,41-38-. The van der Waals surface area contributed by atoms with Gasteiger partial charge in [-0.1, -0.05) is 216 Å². The Hall–Kier alpha value is -2.70. The number of aliphatic hydroxyl groups is 2. The van der Waals surface area contributed by atoms with Crippen LogP contribution in [0.2, 0.25) is 0 Å². The van der Waals surface area contributed by atoms with Gasteiger partial charge in [0.2, 0.25) is 5.91 Å². The van der Waals surface area contributed by atoms with Crippen molar-refractivity contribution in [2.75, 3.05) is 6.61 Å². The highest BCUT2D eigenvalue weighted by Crippen LogP contribution is 2.16. The van der Waals surface area contributed by atoms with E-state index in [0.29, 0.717) is 19.3 Å². The molecule has 0 aliphatic heterocycles. The Kier molecular flexibility index (Phi) is 44.2. The summed E-state index contributed by atoms with van der Waals surface area (Å²) in [6.07, 6.45) is 58.4. The van der Waals surface area contributed by atoms with Crippen molar-refractivity contribution in [3.8, 4) is 0 Å². The summed E-state index contributed by atoms with van der Waals surface area (Å²) < 4.78 is 5.84. The minimum absolute atomic E-state index is 0.00617. The van der Waals surface area contributed by atoms with Crippen LogP contribution >= 0.6 is 0 Å². The Balaban J connectivity index is 4.69. The van der Waals surface area contributed by atoms with Gasteiger partial charge in [-0.3, -0.25) is 9.59 Å². The molecule has 0 fully saturated rings. The van der Waals surface area contributed by atoms with Crippen molar-refractivity contribution in [2.24, 2.45) is 0 Å². The molecule has 0 saturated heterocycles. The predicted octanol–water partition coefficient (Wildman–Crippen LogP) is 14.6. The quantitative estimate of drug-likeness (QED) is 0.0323. The van der Waals surface area contributed by atoms with Crippen LogP contribution in [0, 0.1) is 0 Å². The van der Waals surface area contributed by atoms with Gasteiger partial charge < -0.3 is 20.3 Å². The molecule has 0 aromatic rings. The molecule has 0 aromatic carbocycles. The molecule has 3 unspecified atom stereocenters. The maximum atomic E-state index is 13.1. The van der Waals surface area contributed by atoms with Gasteiger partial charge in [-0.2, -0.15) is 0 Å². The van der Waals surface area contributed by atoms with Gasteiger partial charge in [-0.05, 0) is 64.2 Å². The zero-order valence-corrected chi connectivity index (χ0v) is 38.6. The number of unbranched alkanes of at least 4 members (excludes halogenated alkanes) is 20. The van der Waals surface area contributed by atoms with Crippen LogP contribution in [0.15, 0.2) is 72.9 Å². The highest BCUT2D eigenvalue weighted by molar-refractivity contribution is 5.77. The zero-order valence-electron chi connectivity index (χ0n) is 38.6. The fraction of sp³-hybridized carbons (Fsp3) is 0.736. The van der Waals surface area contributed by atoms with Crippen LogP contribution in [0.25, 0.3) is 0 Å². The van der Waals surface area contributed by atoms with E-state index in [2.05, 4.69) is 86.8 Å². The molecule has 0 spiro atoms. The third-order valence-corrected chi connectivity index (χ3v) is 10.8. The lowest BCUT2D eigenvalue weighted by Crippen LogP contribution is -2.46. The second-order valence-electron chi connectivity index (χ2n) is 16.5. The largest absolute Gasteiger partial charge is 0.461 e. The average molecular weight is 824 g/mol. The van der Waals surface area contributed by atoms with E-state index in [1.807, 2.05) is 12.2 Å². The van der Waals surface area contributed by atoms with E-state index < -0.39 is 18.2 Å². The number of ether oxygens (including phenoxy) is 1. The summed E-state index contributed by atoms with van der Waals surface area (Å²) in [7, 11) is 0. The number of rotatable bonds is 43. The number of hydrogen-bond acceptors (Lipinski definition) is 5. The van der Waals surface area contributed by atoms with Crippen LogP contribution in [0.5, 0.6) is 0 Å². The van der Waals surface area contributed by atoms with Gasteiger partial charge in [-0.25, -0.2) is 0 Å². The van der Waals surface area contributed by atoms with Crippen LogP contribution in [-0.2, 0) is 14.3 Å². The first-order valence-corrected chi connectivity index (χ1v) is 24.7. The predicted molar refractivity (Wildman–Crippen MR) is 255 cm³/mol. The van der Waals surface area contributed by atoms with E-state index in [0.717, 1.165) is 89.9 Å². The van der Waals surface area contributed by atoms with Crippen LogP contribution < -0.4 is 5.32 Å². The summed E-state index contributed by atoms with van der Waals surface area (Å²) in [6, 6.07) is -0.735. The third kappa shape index (κ3) is 41.8. The number of esters is 1. The summed E-state index contributed by atoms with van der Waals surface area (Å²) in [5.74, 6) is -0.595. The molecule has 0 bridgehead atoms. The van der Waals surface area contributed by atoms with E-state index in [1.54, 1.807) is 0 Å². The number of nitrogens with one attached hydrogen (secondary N) is 1. The van der Waals surface area contributed by atoms with Gasteiger partial charge in [0.05, 0.1) is 25.2 Å². The SMILES string of the molecule is CC/C=C\C/C=C\C/C=C\C/C=C\C/C=C\CC(CC(=O)NC(CO)C(O)CCCCCCCCCCCCCCCCC)OC(=O)CCCCCCC/C=C\CCC. The molecule has 3 N–H and O–H groups in total. The lowest BCUT2D eigenvalue weighted by Gasteiger charge is -2.24. The Morgan fingerprint density at radius 2 is 0.983 bits per heavy atom. The Bertz CT molecular complexity index is 1110. The molecule has 0 radical (unpaired) electrons. The number of allylic oxidation sites excluding steroid dienone is 11. The Morgan fingerprint density at radius 1 is 0.525 bits per heavy atom. The number of carbonyl (C=O) groups is 2. The van der Waals surface area contributed by atoms with Gasteiger partial charge in [0.25, 0.3) is 0 Å². The molecule has 6 heteroatoms. The van der Waals surface area contributed by atoms with E-state index >= 15 is 0 Å². The number of aliphatic hydroxyl groups excluding tert-OH is 2. The maximum Gasteiger partial charge on any atom is 0.306 e. The minimum Gasteiger partial charge on any atom is -0.461 e. The van der Waals surface area contributed by atoms with Crippen molar-refractivity contribution in [1.29, 1.82) is 0 Å². The smallest absolute Gasteiger partial charge is 0.306 e. The van der Waals surface area contributed by atoms with Crippen molar-refractivity contribution in [2.45, 2.75) is 244 Å². The summed E-state index contributed by atoms with van der Waals surface area (Å²) in [6.45, 7) is 6.27. The molecule has 3 atom stereocenters. The van der Waals surface area contributed by atoms with Crippen molar-refractivity contribution < 1.29 is 24.5 Å². The summed E-state index contributed by atoms with van der Waals surface area (Å²) in [5.41, 5.74) is 0. The van der Waals surface area contributed by atoms with Crippen LogP contribution in [0.3, 0.4) is 0 Å². The number of amides is 1. The molecule has 0 aliphatic rings. The Morgan fingerprint density at radius 3 is 1.49 bits per heavy atom. The zero-order chi connectivity index (χ0) is 43.1. The molecular formula is C53H93NO5. The lowest BCUT2D eigenvalue weighted by molar-refractivity contribution is -0.150. The number of hydrogen-bond donors (Lipinski definition) is 3. The second-order valence-corrected chi connectivity index (χ2v) is 16.5. The molecule has 0 heterocycles. The highest BCUT2D eigenvalue weighted by atomic mass is 16.5. The molecule has 0 saturated carbocycles. The first-order valence-electron chi connectivity index (χ1n) is 24.7. The van der Waals surface area contributed by atoms with E-state index in [4.69, 9.17) is 4.74 Å².